The Morgan fingerprint density at radius 1 is 1.62 bits per heavy atom. The molecular weight excluding hydrogens is 226 g/mol. The van der Waals surface area contributed by atoms with Gasteiger partial charge >= 0.3 is 0 Å². The molecule has 0 saturated heterocycles. The van der Waals surface area contributed by atoms with E-state index in [9.17, 15) is 4.79 Å². The SMILES string of the molecule is CNCC(C)C(=O)Nc1c(C)ccnc1Cl. The second kappa shape index (κ2) is 5.82. The van der Waals surface area contributed by atoms with Gasteiger partial charge in [-0.2, -0.15) is 0 Å². The zero-order valence-electron chi connectivity index (χ0n) is 9.67. The second-order valence-electron chi connectivity index (χ2n) is 3.74. The summed E-state index contributed by atoms with van der Waals surface area (Å²) in [5.74, 6) is -0.173. The van der Waals surface area contributed by atoms with Gasteiger partial charge in [0.05, 0.1) is 5.69 Å². The molecule has 1 heterocycles. The number of carbonyl (C=O) groups is 1. The highest BCUT2D eigenvalue weighted by atomic mass is 35.5. The molecule has 16 heavy (non-hydrogen) atoms. The zero-order valence-corrected chi connectivity index (χ0v) is 10.4. The predicted molar refractivity (Wildman–Crippen MR) is 65.7 cm³/mol. The third kappa shape index (κ3) is 3.18. The second-order valence-corrected chi connectivity index (χ2v) is 4.10. The summed E-state index contributed by atoms with van der Waals surface area (Å²) < 4.78 is 0. The average molecular weight is 242 g/mol. The topological polar surface area (TPSA) is 54.0 Å². The first-order valence-corrected chi connectivity index (χ1v) is 5.50. The summed E-state index contributed by atoms with van der Waals surface area (Å²) in [6.07, 6.45) is 1.62. The van der Waals surface area contributed by atoms with Crippen LogP contribution in [-0.2, 0) is 4.79 Å². The maximum absolute atomic E-state index is 11.8. The van der Waals surface area contributed by atoms with E-state index in [1.807, 2.05) is 27.0 Å². The van der Waals surface area contributed by atoms with Crippen LogP contribution in [0.4, 0.5) is 5.69 Å². The van der Waals surface area contributed by atoms with Crippen LogP contribution >= 0.6 is 11.6 Å². The van der Waals surface area contributed by atoms with Crippen LogP contribution in [-0.4, -0.2) is 24.5 Å². The molecule has 4 nitrogen and oxygen atoms in total. The minimum atomic E-state index is -0.110. The number of pyridine rings is 1. The summed E-state index contributed by atoms with van der Waals surface area (Å²) >= 11 is 5.91. The van der Waals surface area contributed by atoms with Gasteiger partial charge in [-0.1, -0.05) is 18.5 Å². The van der Waals surface area contributed by atoms with Crippen LogP contribution in [0.1, 0.15) is 12.5 Å². The molecule has 5 heteroatoms. The lowest BCUT2D eigenvalue weighted by Crippen LogP contribution is -2.29. The van der Waals surface area contributed by atoms with Crippen molar-refractivity contribution in [2.45, 2.75) is 13.8 Å². The van der Waals surface area contributed by atoms with Crippen LogP contribution in [0.25, 0.3) is 0 Å². The first kappa shape index (κ1) is 12.9. The first-order valence-electron chi connectivity index (χ1n) is 5.12. The van der Waals surface area contributed by atoms with Gasteiger partial charge < -0.3 is 10.6 Å². The molecule has 0 aliphatic carbocycles. The summed E-state index contributed by atoms with van der Waals surface area (Å²) in [4.78, 5) is 15.7. The largest absolute Gasteiger partial charge is 0.323 e. The molecule has 0 radical (unpaired) electrons. The van der Waals surface area contributed by atoms with Gasteiger partial charge in [0.25, 0.3) is 0 Å². The van der Waals surface area contributed by atoms with Gasteiger partial charge in [-0.05, 0) is 25.6 Å². The molecular formula is C11H16ClN3O. The standard InChI is InChI=1S/C11H16ClN3O/c1-7-4-5-14-10(12)9(7)15-11(16)8(2)6-13-3/h4-5,8,13H,6H2,1-3H3,(H,15,16). The van der Waals surface area contributed by atoms with Gasteiger partial charge in [-0.25, -0.2) is 4.98 Å². The highest BCUT2D eigenvalue weighted by Crippen LogP contribution is 2.23. The monoisotopic (exact) mass is 241 g/mol. The highest BCUT2D eigenvalue weighted by Gasteiger charge is 2.14. The summed E-state index contributed by atoms with van der Waals surface area (Å²) in [6, 6.07) is 1.81. The molecule has 0 fully saturated rings. The van der Waals surface area contributed by atoms with Crippen LogP contribution in [0.3, 0.4) is 0 Å². The Bertz CT molecular complexity index is 361. The van der Waals surface area contributed by atoms with Crippen LogP contribution in [0, 0.1) is 12.8 Å². The molecule has 0 aromatic carbocycles. The fourth-order valence-electron chi connectivity index (χ4n) is 1.32. The summed E-state index contributed by atoms with van der Waals surface area (Å²) in [7, 11) is 1.81. The third-order valence-corrected chi connectivity index (χ3v) is 2.61. The molecule has 0 bridgehead atoms. The van der Waals surface area contributed by atoms with Crippen molar-refractivity contribution in [3.05, 3.63) is 23.0 Å². The van der Waals surface area contributed by atoms with Crippen LogP contribution in [0.15, 0.2) is 12.3 Å². The van der Waals surface area contributed by atoms with Crippen LogP contribution in [0.2, 0.25) is 5.15 Å². The Hall–Kier alpha value is -1.13. The number of aromatic nitrogens is 1. The number of carbonyl (C=O) groups excluding carboxylic acids is 1. The van der Waals surface area contributed by atoms with Crippen LogP contribution < -0.4 is 10.6 Å². The molecule has 0 spiro atoms. The molecule has 2 N–H and O–H groups in total. The van der Waals surface area contributed by atoms with Crippen molar-refractivity contribution in [2.24, 2.45) is 5.92 Å². The van der Waals surface area contributed by atoms with Crippen molar-refractivity contribution in [2.75, 3.05) is 18.9 Å². The maximum atomic E-state index is 11.8. The smallest absolute Gasteiger partial charge is 0.228 e. The van der Waals surface area contributed by atoms with Crippen molar-refractivity contribution < 1.29 is 4.79 Å². The van der Waals surface area contributed by atoms with Crippen LogP contribution in [0.5, 0.6) is 0 Å². The first-order chi connectivity index (χ1) is 7.56. The van der Waals surface area contributed by atoms with E-state index in [-0.39, 0.29) is 11.8 Å². The number of hydrogen-bond donors (Lipinski definition) is 2. The minimum absolute atomic E-state index is 0.0626. The third-order valence-electron chi connectivity index (χ3n) is 2.32. The summed E-state index contributed by atoms with van der Waals surface area (Å²) in [6.45, 7) is 4.36. The van der Waals surface area contributed by atoms with Gasteiger partial charge in [-0.3, -0.25) is 4.79 Å². The highest BCUT2D eigenvalue weighted by molar-refractivity contribution is 6.32. The van der Waals surface area contributed by atoms with Gasteiger partial charge in [0.15, 0.2) is 5.15 Å². The molecule has 1 aromatic heterocycles. The van der Waals surface area contributed by atoms with E-state index in [4.69, 9.17) is 11.6 Å². The quantitative estimate of drug-likeness (QED) is 0.791. The fraction of sp³-hybridized carbons (Fsp3) is 0.455. The molecule has 1 atom stereocenters. The number of amides is 1. The van der Waals surface area contributed by atoms with Gasteiger partial charge in [0.2, 0.25) is 5.91 Å². The number of halogens is 1. The molecule has 1 unspecified atom stereocenters. The molecule has 0 aliphatic heterocycles. The normalized spacial score (nSPS) is 12.2. The Labute approximate surface area is 100 Å². The van der Waals surface area contributed by atoms with Gasteiger partial charge in [-0.15, -0.1) is 0 Å². The van der Waals surface area contributed by atoms with Gasteiger partial charge in [0.1, 0.15) is 0 Å². The molecule has 1 aromatic rings. The molecule has 0 saturated carbocycles. The van der Waals surface area contributed by atoms with E-state index < -0.39 is 0 Å². The van der Waals surface area contributed by atoms with E-state index in [2.05, 4.69) is 15.6 Å². The molecule has 0 aliphatic rings. The maximum Gasteiger partial charge on any atom is 0.228 e. The number of anilines is 1. The van der Waals surface area contributed by atoms with Crippen molar-refractivity contribution in [1.29, 1.82) is 0 Å². The molecule has 1 amide bonds. The van der Waals surface area contributed by atoms with E-state index in [1.165, 1.54) is 0 Å². The number of aryl methyl sites for hydroxylation is 1. The lowest BCUT2D eigenvalue weighted by atomic mass is 10.1. The van der Waals surface area contributed by atoms with Gasteiger partial charge in [0, 0.05) is 18.7 Å². The molecule has 1 rings (SSSR count). The van der Waals surface area contributed by atoms with Crippen molar-refractivity contribution in [3.8, 4) is 0 Å². The van der Waals surface area contributed by atoms with Crippen molar-refractivity contribution in [1.82, 2.24) is 10.3 Å². The fourth-order valence-corrected chi connectivity index (χ4v) is 1.57. The van der Waals surface area contributed by atoms with E-state index in [1.54, 1.807) is 6.20 Å². The number of rotatable bonds is 4. The summed E-state index contributed by atoms with van der Waals surface area (Å²) in [5, 5.41) is 6.07. The van der Waals surface area contributed by atoms with E-state index in [0.717, 1.165) is 5.56 Å². The van der Waals surface area contributed by atoms with Crippen molar-refractivity contribution >= 4 is 23.2 Å². The Kier molecular flexibility index (Phi) is 4.71. The van der Waals surface area contributed by atoms with Crippen molar-refractivity contribution in [3.63, 3.8) is 0 Å². The Morgan fingerprint density at radius 3 is 2.88 bits per heavy atom. The number of hydrogen-bond acceptors (Lipinski definition) is 3. The minimum Gasteiger partial charge on any atom is -0.323 e. The number of nitrogens with zero attached hydrogens (tertiary/aromatic N) is 1. The zero-order chi connectivity index (χ0) is 12.1. The van der Waals surface area contributed by atoms with E-state index >= 15 is 0 Å². The molecule has 88 valence electrons. The predicted octanol–water partition coefficient (Wildman–Crippen LogP) is 1.84. The number of nitrogens with one attached hydrogen (secondary N) is 2. The average Bonchev–Trinajstić information content (AvgIpc) is 2.23. The lowest BCUT2D eigenvalue weighted by molar-refractivity contribution is -0.119. The Morgan fingerprint density at radius 2 is 2.31 bits per heavy atom. The van der Waals surface area contributed by atoms with E-state index in [0.29, 0.717) is 17.4 Å². The lowest BCUT2D eigenvalue weighted by Gasteiger charge is -2.13. The Balaban J connectivity index is 2.77. The summed E-state index contributed by atoms with van der Waals surface area (Å²) in [5.41, 5.74) is 1.50.